The van der Waals surface area contributed by atoms with E-state index in [1.165, 1.54) is 17.0 Å². The van der Waals surface area contributed by atoms with Crippen LogP contribution in [0.5, 0.6) is 0 Å². The van der Waals surface area contributed by atoms with Gasteiger partial charge in [-0.15, -0.1) is 0 Å². The van der Waals surface area contributed by atoms with Crippen molar-refractivity contribution < 1.29 is 22.4 Å². The van der Waals surface area contributed by atoms with Gasteiger partial charge >= 0.3 is 0 Å². The van der Waals surface area contributed by atoms with Crippen LogP contribution in [0.15, 0.2) is 83.3 Å². The molecule has 3 rings (SSSR count). The second-order valence-corrected chi connectivity index (χ2v) is 12.1. The molecule has 0 radical (unpaired) electrons. The number of sulfonamides is 1. The van der Waals surface area contributed by atoms with Crippen molar-refractivity contribution in [3.05, 3.63) is 100 Å². The minimum absolute atomic E-state index is 0.0891. The van der Waals surface area contributed by atoms with Gasteiger partial charge in [-0.3, -0.25) is 13.9 Å². The first-order valence-corrected chi connectivity index (χ1v) is 15.3. The van der Waals surface area contributed by atoms with E-state index in [0.717, 1.165) is 51.1 Å². The lowest BCUT2D eigenvalue weighted by molar-refractivity contribution is -0.140. The fourth-order valence-corrected chi connectivity index (χ4v) is 5.18. The van der Waals surface area contributed by atoms with Crippen molar-refractivity contribution in [1.82, 2.24) is 10.2 Å². The summed E-state index contributed by atoms with van der Waals surface area (Å²) in [6.45, 7) is 2.03. The number of nitrogens with one attached hydrogen (secondary N) is 1. The Hall–Kier alpha value is -3.24. The third-order valence-electron chi connectivity index (χ3n) is 6.16. The summed E-state index contributed by atoms with van der Waals surface area (Å²) in [5, 5.41) is 2.94. The molecule has 0 unspecified atom stereocenters. The van der Waals surface area contributed by atoms with E-state index >= 15 is 0 Å². The first kappa shape index (κ1) is 30.3. The molecule has 0 spiro atoms. The molecule has 0 heterocycles. The molecule has 10 heteroatoms. The molecule has 1 N–H and O–H groups in total. The summed E-state index contributed by atoms with van der Waals surface area (Å²) in [6, 6.07) is 20.7. The zero-order valence-corrected chi connectivity index (χ0v) is 24.4. The molecule has 0 saturated carbocycles. The van der Waals surface area contributed by atoms with E-state index in [2.05, 4.69) is 21.2 Å². The second kappa shape index (κ2) is 14.2. The number of halogens is 2. The van der Waals surface area contributed by atoms with E-state index in [0.29, 0.717) is 6.54 Å². The number of unbranched alkanes of at least 4 members (excludes halogenated alkanes) is 1. The highest BCUT2D eigenvalue weighted by atomic mass is 79.9. The van der Waals surface area contributed by atoms with Gasteiger partial charge < -0.3 is 10.2 Å². The van der Waals surface area contributed by atoms with Crippen molar-refractivity contribution in [1.29, 1.82) is 0 Å². The molecule has 0 aromatic heterocycles. The van der Waals surface area contributed by atoms with Gasteiger partial charge in [0.05, 0.1) is 11.9 Å². The molecule has 3 aromatic carbocycles. The Kier molecular flexibility index (Phi) is 11.1. The zero-order chi connectivity index (χ0) is 28.4. The molecule has 0 aliphatic carbocycles. The normalized spacial score (nSPS) is 12.0. The Bertz CT molecular complexity index is 1340. The van der Waals surface area contributed by atoms with E-state index in [9.17, 15) is 22.4 Å². The summed E-state index contributed by atoms with van der Waals surface area (Å²) in [5.74, 6) is -1.40. The number of carbonyl (C=O) groups excluding carboxylic acids is 2. The number of carbonyl (C=O) groups is 2. The Morgan fingerprint density at radius 3 is 2.18 bits per heavy atom. The molecule has 0 fully saturated rings. The molecule has 0 aliphatic rings. The van der Waals surface area contributed by atoms with Gasteiger partial charge in [0, 0.05) is 24.0 Å². The van der Waals surface area contributed by atoms with Gasteiger partial charge in [-0.1, -0.05) is 71.7 Å². The van der Waals surface area contributed by atoms with Gasteiger partial charge in [0.1, 0.15) is 18.4 Å². The van der Waals surface area contributed by atoms with Gasteiger partial charge in [-0.05, 0) is 53.9 Å². The van der Waals surface area contributed by atoms with E-state index in [1.54, 1.807) is 0 Å². The smallest absolute Gasteiger partial charge is 0.244 e. The van der Waals surface area contributed by atoms with Crippen molar-refractivity contribution in [2.45, 2.75) is 38.8 Å². The van der Waals surface area contributed by atoms with Crippen LogP contribution >= 0.6 is 15.9 Å². The summed E-state index contributed by atoms with van der Waals surface area (Å²) in [7, 11) is -3.90. The highest BCUT2D eigenvalue weighted by Crippen LogP contribution is 2.21. The number of anilines is 1. The summed E-state index contributed by atoms with van der Waals surface area (Å²) in [5.41, 5.74) is 1.79. The number of amides is 2. The Labute approximate surface area is 238 Å². The van der Waals surface area contributed by atoms with Gasteiger partial charge in [-0.2, -0.15) is 0 Å². The van der Waals surface area contributed by atoms with Gasteiger partial charge in [0.15, 0.2) is 0 Å². The molecule has 2 amide bonds. The minimum atomic E-state index is -3.90. The van der Waals surface area contributed by atoms with Crippen LogP contribution < -0.4 is 9.62 Å². The third-order valence-corrected chi connectivity index (χ3v) is 7.83. The first-order chi connectivity index (χ1) is 18.6. The molecular formula is C29H33BrFN3O4S. The molecule has 0 bridgehead atoms. The fraction of sp³-hybridized carbons (Fsp3) is 0.310. The van der Waals surface area contributed by atoms with Gasteiger partial charge in [-0.25, -0.2) is 12.8 Å². The lowest BCUT2D eigenvalue weighted by atomic mass is 10.0. The summed E-state index contributed by atoms with van der Waals surface area (Å²) in [6.07, 6.45) is 2.92. The number of nitrogens with zero attached hydrogens (tertiary/aromatic N) is 2. The molecule has 7 nitrogen and oxygen atoms in total. The van der Waals surface area contributed by atoms with Gasteiger partial charge in [0.25, 0.3) is 0 Å². The lowest BCUT2D eigenvalue weighted by Crippen LogP contribution is -2.53. The monoisotopic (exact) mass is 617 g/mol. The summed E-state index contributed by atoms with van der Waals surface area (Å²) >= 11 is 3.41. The van der Waals surface area contributed by atoms with Crippen molar-refractivity contribution in [3.63, 3.8) is 0 Å². The standard InChI is InChI=1S/C29H33BrFN3O4S/c1-3-4-18-32-29(36)27(19-22-8-6-5-7-9-22)33(20-23-10-12-24(30)13-11-23)28(35)21-34(39(2,37)38)26-16-14-25(31)15-17-26/h5-17,27H,3-4,18-21H2,1-2H3,(H,32,36)/t27-/m1/s1. The van der Waals surface area contributed by atoms with E-state index in [-0.39, 0.29) is 24.6 Å². The number of benzene rings is 3. The topological polar surface area (TPSA) is 86.8 Å². The van der Waals surface area contributed by atoms with Crippen molar-refractivity contribution in [2.75, 3.05) is 23.7 Å². The zero-order valence-electron chi connectivity index (χ0n) is 22.0. The second-order valence-electron chi connectivity index (χ2n) is 9.24. The highest BCUT2D eigenvalue weighted by molar-refractivity contribution is 9.10. The van der Waals surface area contributed by atoms with Crippen LogP contribution in [-0.2, 0) is 32.6 Å². The predicted molar refractivity (Wildman–Crippen MR) is 155 cm³/mol. The van der Waals surface area contributed by atoms with Crippen LogP contribution in [0.25, 0.3) is 0 Å². The van der Waals surface area contributed by atoms with Crippen molar-refractivity contribution >= 4 is 43.5 Å². The molecule has 0 aliphatic heterocycles. The number of rotatable bonds is 13. The SMILES string of the molecule is CCCCNC(=O)[C@@H](Cc1ccccc1)N(Cc1ccc(Br)cc1)C(=O)CN(c1ccc(F)cc1)S(C)(=O)=O. The average Bonchev–Trinajstić information content (AvgIpc) is 2.91. The molecule has 3 aromatic rings. The van der Waals surface area contributed by atoms with Crippen LogP contribution in [0.2, 0.25) is 0 Å². The number of hydrogen-bond donors (Lipinski definition) is 1. The van der Waals surface area contributed by atoms with Crippen LogP contribution in [0.3, 0.4) is 0 Å². The summed E-state index contributed by atoms with van der Waals surface area (Å²) in [4.78, 5) is 28.9. The van der Waals surface area contributed by atoms with E-state index < -0.39 is 34.3 Å². The average molecular weight is 619 g/mol. The molecular weight excluding hydrogens is 585 g/mol. The van der Waals surface area contributed by atoms with Gasteiger partial charge in [0.2, 0.25) is 21.8 Å². The van der Waals surface area contributed by atoms with E-state index in [4.69, 9.17) is 0 Å². The number of hydrogen-bond acceptors (Lipinski definition) is 4. The molecule has 0 saturated heterocycles. The molecule has 1 atom stereocenters. The maximum Gasteiger partial charge on any atom is 0.244 e. The predicted octanol–water partition coefficient (Wildman–Crippen LogP) is 4.91. The fourth-order valence-electron chi connectivity index (χ4n) is 4.07. The van der Waals surface area contributed by atoms with E-state index in [1.807, 2.05) is 61.5 Å². The van der Waals surface area contributed by atoms with Crippen molar-refractivity contribution in [2.24, 2.45) is 0 Å². The Balaban J connectivity index is 2.01. The highest BCUT2D eigenvalue weighted by Gasteiger charge is 2.33. The maximum atomic E-state index is 13.9. The minimum Gasteiger partial charge on any atom is -0.354 e. The van der Waals surface area contributed by atoms with Crippen LogP contribution in [-0.4, -0.2) is 50.5 Å². The maximum absolute atomic E-state index is 13.9. The first-order valence-electron chi connectivity index (χ1n) is 12.7. The van der Waals surface area contributed by atoms with Crippen LogP contribution in [0.4, 0.5) is 10.1 Å². The van der Waals surface area contributed by atoms with Crippen molar-refractivity contribution in [3.8, 4) is 0 Å². The molecule has 208 valence electrons. The largest absolute Gasteiger partial charge is 0.354 e. The lowest BCUT2D eigenvalue weighted by Gasteiger charge is -2.33. The van der Waals surface area contributed by atoms with Crippen LogP contribution in [0, 0.1) is 5.82 Å². The third kappa shape index (κ3) is 9.18. The summed E-state index contributed by atoms with van der Waals surface area (Å²) < 4.78 is 40.8. The Morgan fingerprint density at radius 1 is 0.949 bits per heavy atom. The van der Waals surface area contributed by atoms with Crippen LogP contribution in [0.1, 0.15) is 30.9 Å². The Morgan fingerprint density at radius 2 is 1.59 bits per heavy atom. The quantitative estimate of drug-likeness (QED) is 0.276. The molecule has 39 heavy (non-hydrogen) atoms.